The van der Waals surface area contributed by atoms with Gasteiger partial charge in [0.2, 0.25) is 0 Å². The predicted molar refractivity (Wildman–Crippen MR) is 82.0 cm³/mol. The Bertz CT molecular complexity index is 709. The molecule has 0 saturated heterocycles. The van der Waals surface area contributed by atoms with E-state index in [4.69, 9.17) is 11.6 Å². The Labute approximate surface area is 126 Å². The number of para-hydroxylation sites is 1. The second-order valence-electron chi connectivity index (χ2n) is 4.64. The van der Waals surface area contributed by atoms with Gasteiger partial charge in [-0.05, 0) is 37.1 Å². The minimum Gasteiger partial charge on any atom is -0.321 e. The van der Waals surface area contributed by atoms with Gasteiger partial charge in [0.15, 0.2) is 0 Å². The lowest BCUT2D eigenvalue weighted by atomic mass is 10.1. The van der Waals surface area contributed by atoms with Crippen LogP contribution in [0.15, 0.2) is 36.4 Å². The molecule has 2 aromatic carbocycles. The highest BCUT2D eigenvalue weighted by Gasteiger charge is 2.21. The van der Waals surface area contributed by atoms with Crippen LogP contribution in [0.4, 0.5) is 11.4 Å². The fourth-order valence-corrected chi connectivity index (χ4v) is 2.21. The summed E-state index contributed by atoms with van der Waals surface area (Å²) in [5, 5.41) is 14.0. The van der Waals surface area contributed by atoms with Crippen LogP contribution in [-0.2, 0) is 0 Å². The average molecular weight is 305 g/mol. The van der Waals surface area contributed by atoms with Crippen molar-refractivity contribution in [1.29, 1.82) is 0 Å². The van der Waals surface area contributed by atoms with Crippen molar-refractivity contribution in [2.75, 3.05) is 5.32 Å². The fourth-order valence-electron chi connectivity index (χ4n) is 2.04. The van der Waals surface area contributed by atoms with Gasteiger partial charge in [-0.3, -0.25) is 14.9 Å². The van der Waals surface area contributed by atoms with E-state index in [9.17, 15) is 14.9 Å². The lowest BCUT2D eigenvalue weighted by Gasteiger charge is -2.11. The highest BCUT2D eigenvalue weighted by molar-refractivity contribution is 6.31. The molecule has 0 saturated carbocycles. The van der Waals surface area contributed by atoms with E-state index in [1.165, 1.54) is 18.2 Å². The van der Waals surface area contributed by atoms with Crippen LogP contribution >= 0.6 is 11.6 Å². The van der Waals surface area contributed by atoms with Crippen LogP contribution in [0.1, 0.15) is 21.5 Å². The second kappa shape index (κ2) is 5.93. The zero-order valence-corrected chi connectivity index (χ0v) is 12.3. The van der Waals surface area contributed by atoms with Gasteiger partial charge in [-0.2, -0.15) is 0 Å². The Morgan fingerprint density at radius 1 is 1.19 bits per heavy atom. The summed E-state index contributed by atoms with van der Waals surface area (Å²) < 4.78 is 0. The molecule has 0 aromatic heterocycles. The molecule has 0 aliphatic carbocycles. The number of nitro groups is 1. The SMILES string of the molecule is Cc1cccc(C)c1NC(=O)c1cc(Cl)ccc1[N+](=O)[O-]. The maximum Gasteiger partial charge on any atom is 0.282 e. The number of benzene rings is 2. The summed E-state index contributed by atoms with van der Waals surface area (Å²) in [5.41, 5.74) is 2.08. The number of nitro benzene ring substituents is 1. The zero-order valence-electron chi connectivity index (χ0n) is 11.5. The van der Waals surface area contributed by atoms with E-state index >= 15 is 0 Å². The lowest BCUT2D eigenvalue weighted by molar-refractivity contribution is -0.385. The summed E-state index contributed by atoms with van der Waals surface area (Å²) in [6.07, 6.45) is 0. The number of rotatable bonds is 3. The minimum absolute atomic E-state index is 0.0600. The number of nitrogens with one attached hydrogen (secondary N) is 1. The Kier molecular flexibility index (Phi) is 4.23. The van der Waals surface area contributed by atoms with E-state index in [1.54, 1.807) is 0 Å². The molecule has 0 unspecified atom stereocenters. The molecular formula is C15H13ClN2O3. The molecule has 6 heteroatoms. The maximum atomic E-state index is 12.3. The minimum atomic E-state index is -0.601. The highest BCUT2D eigenvalue weighted by Crippen LogP contribution is 2.25. The third-order valence-corrected chi connectivity index (χ3v) is 3.35. The van der Waals surface area contributed by atoms with Gasteiger partial charge in [-0.25, -0.2) is 0 Å². The standard InChI is InChI=1S/C15H13ClN2O3/c1-9-4-3-5-10(2)14(9)17-15(19)12-8-11(16)6-7-13(12)18(20)21/h3-8H,1-2H3,(H,17,19). The smallest absolute Gasteiger partial charge is 0.282 e. The Hall–Kier alpha value is -2.40. The third kappa shape index (κ3) is 3.20. The molecular weight excluding hydrogens is 292 g/mol. The number of hydrogen-bond acceptors (Lipinski definition) is 3. The number of halogens is 1. The molecule has 5 nitrogen and oxygen atoms in total. The van der Waals surface area contributed by atoms with E-state index in [-0.39, 0.29) is 16.3 Å². The summed E-state index contributed by atoms with van der Waals surface area (Å²) in [4.78, 5) is 22.7. The van der Waals surface area contributed by atoms with Crippen LogP contribution in [0.25, 0.3) is 0 Å². The molecule has 1 N–H and O–H groups in total. The summed E-state index contributed by atoms with van der Waals surface area (Å²) >= 11 is 5.83. The first-order valence-electron chi connectivity index (χ1n) is 6.21. The summed E-state index contributed by atoms with van der Waals surface area (Å²) in [6.45, 7) is 3.71. The Balaban J connectivity index is 2.41. The molecule has 2 aromatic rings. The average Bonchev–Trinajstić information content (AvgIpc) is 2.42. The first-order chi connectivity index (χ1) is 9.90. The van der Waals surface area contributed by atoms with Gasteiger partial charge < -0.3 is 5.32 Å². The maximum absolute atomic E-state index is 12.3. The highest BCUT2D eigenvalue weighted by atomic mass is 35.5. The van der Waals surface area contributed by atoms with Crippen LogP contribution in [-0.4, -0.2) is 10.8 Å². The molecule has 108 valence electrons. The van der Waals surface area contributed by atoms with E-state index < -0.39 is 10.8 Å². The van der Waals surface area contributed by atoms with E-state index in [1.807, 2.05) is 32.0 Å². The molecule has 0 aliphatic heterocycles. The zero-order chi connectivity index (χ0) is 15.6. The quantitative estimate of drug-likeness (QED) is 0.685. The number of amides is 1. The van der Waals surface area contributed by atoms with Gasteiger partial charge in [0.05, 0.1) is 4.92 Å². The van der Waals surface area contributed by atoms with Gasteiger partial charge in [0.1, 0.15) is 5.56 Å². The number of anilines is 1. The third-order valence-electron chi connectivity index (χ3n) is 3.12. The number of hydrogen-bond donors (Lipinski definition) is 1. The van der Waals surface area contributed by atoms with E-state index in [0.717, 1.165) is 11.1 Å². The van der Waals surface area contributed by atoms with E-state index in [2.05, 4.69) is 5.32 Å². The summed E-state index contributed by atoms with van der Waals surface area (Å²) in [5.74, 6) is -0.554. The van der Waals surface area contributed by atoms with Gasteiger partial charge >= 0.3 is 0 Å². The van der Waals surface area contributed by atoms with Crippen LogP contribution in [0.3, 0.4) is 0 Å². The Morgan fingerprint density at radius 2 is 1.81 bits per heavy atom. The van der Waals surface area contributed by atoms with Gasteiger partial charge in [0.25, 0.3) is 11.6 Å². The van der Waals surface area contributed by atoms with E-state index in [0.29, 0.717) is 5.69 Å². The Morgan fingerprint density at radius 3 is 2.38 bits per heavy atom. The molecule has 0 atom stereocenters. The van der Waals surface area contributed by atoms with Gasteiger partial charge in [-0.1, -0.05) is 29.8 Å². The van der Waals surface area contributed by atoms with Crippen molar-refractivity contribution in [3.63, 3.8) is 0 Å². The largest absolute Gasteiger partial charge is 0.321 e. The molecule has 2 rings (SSSR count). The summed E-state index contributed by atoms with van der Waals surface area (Å²) in [7, 11) is 0. The first-order valence-corrected chi connectivity index (χ1v) is 6.59. The molecule has 0 bridgehead atoms. The summed E-state index contributed by atoms with van der Waals surface area (Å²) in [6, 6.07) is 9.49. The van der Waals surface area contributed by atoms with Gasteiger partial charge in [0, 0.05) is 16.8 Å². The topological polar surface area (TPSA) is 72.2 Å². The first kappa shape index (κ1) is 15.0. The number of aryl methyl sites for hydroxylation is 2. The van der Waals surface area contributed by atoms with Crippen molar-refractivity contribution in [1.82, 2.24) is 0 Å². The van der Waals surface area contributed by atoms with Crippen LogP contribution in [0.5, 0.6) is 0 Å². The van der Waals surface area contributed by atoms with Crippen LogP contribution in [0, 0.1) is 24.0 Å². The van der Waals surface area contributed by atoms with Crippen molar-refractivity contribution in [3.05, 3.63) is 68.2 Å². The number of carbonyl (C=O) groups excluding carboxylic acids is 1. The molecule has 0 heterocycles. The van der Waals surface area contributed by atoms with Crippen LogP contribution in [0.2, 0.25) is 5.02 Å². The van der Waals surface area contributed by atoms with Crippen molar-refractivity contribution >= 4 is 28.9 Å². The number of carbonyl (C=O) groups is 1. The second-order valence-corrected chi connectivity index (χ2v) is 5.08. The predicted octanol–water partition coefficient (Wildman–Crippen LogP) is 4.12. The van der Waals surface area contributed by atoms with Crippen molar-refractivity contribution < 1.29 is 9.72 Å². The van der Waals surface area contributed by atoms with Crippen molar-refractivity contribution in [3.8, 4) is 0 Å². The molecule has 1 amide bonds. The molecule has 0 fully saturated rings. The van der Waals surface area contributed by atoms with Crippen molar-refractivity contribution in [2.45, 2.75) is 13.8 Å². The molecule has 0 radical (unpaired) electrons. The van der Waals surface area contributed by atoms with Crippen LogP contribution < -0.4 is 5.32 Å². The lowest BCUT2D eigenvalue weighted by Crippen LogP contribution is -2.15. The molecule has 21 heavy (non-hydrogen) atoms. The monoisotopic (exact) mass is 304 g/mol. The fraction of sp³-hybridized carbons (Fsp3) is 0.133. The number of nitrogens with zero attached hydrogens (tertiary/aromatic N) is 1. The molecule has 0 spiro atoms. The van der Waals surface area contributed by atoms with Gasteiger partial charge in [-0.15, -0.1) is 0 Å². The van der Waals surface area contributed by atoms with Crippen molar-refractivity contribution in [2.24, 2.45) is 0 Å². The normalized spacial score (nSPS) is 10.2. The molecule has 0 aliphatic rings.